The molecule has 78 valence electrons. The average Bonchev–Trinajstić information content (AvgIpc) is 2.59. The van der Waals surface area contributed by atoms with Crippen molar-refractivity contribution >= 4 is 32.7 Å². The second kappa shape index (κ2) is 3.34. The predicted molar refractivity (Wildman–Crippen MR) is 59.2 cm³/mol. The maximum absolute atomic E-state index is 13.5. The van der Waals surface area contributed by atoms with Crippen molar-refractivity contribution in [3.63, 3.8) is 0 Å². The van der Waals surface area contributed by atoms with Gasteiger partial charge in [-0.05, 0) is 40.5 Å². The third-order valence-corrected chi connectivity index (χ3v) is 3.30. The van der Waals surface area contributed by atoms with Gasteiger partial charge in [0.25, 0.3) is 5.91 Å². The topological polar surface area (TPSA) is 58.9 Å². The molecule has 0 aliphatic carbocycles. The molecule has 0 aliphatic rings. The minimum atomic E-state index is -0.602. The molecule has 0 spiro atoms. The molecule has 0 saturated carbocycles. The number of aromatic nitrogens is 1. The van der Waals surface area contributed by atoms with Gasteiger partial charge in [-0.2, -0.15) is 0 Å². The number of amides is 1. The second-order valence-electron chi connectivity index (χ2n) is 3.33. The number of aromatic amines is 1. The number of rotatable bonds is 1. The van der Waals surface area contributed by atoms with Crippen molar-refractivity contribution in [2.75, 3.05) is 0 Å². The number of fused-ring (bicyclic) bond motifs is 1. The molecule has 3 nitrogen and oxygen atoms in total. The maximum Gasteiger partial charge on any atom is 0.265 e. The Balaban J connectivity index is 2.85. The number of carbonyl (C=O) groups excluding carboxylic acids is 1. The third-order valence-electron chi connectivity index (χ3n) is 2.25. The number of benzene rings is 1. The monoisotopic (exact) mass is 270 g/mol. The summed E-state index contributed by atoms with van der Waals surface area (Å²) >= 11 is 3.34. The predicted octanol–water partition coefficient (Wildman–Crippen LogP) is 2.48. The molecular weight excluding hydrogens is 263 g/mol. The van der Waals surface area contributed by atoms with Crippen LogP contribution in [0.2, 0.25) is 0 Å². The van der Waals surface area contributed by atoms with E-state index < -0.39 is 11.7 Å². The van der Waals surface area contributed by atoms with E-state index in [0.29, 0.717) is 10.9 Å². The van der Waals surface area contributed by atoms with Crippen molar-refractivity contribution in [1.29, 1.82) is 0 Å². The number of nitrogens with one attached hydrogen (secondary N) is 1. The molecule has 1 heterocycles. The summed E-state index contributed by atoms with van der Waals surface area (Å²) in [6.45, 7) is 1.78. The maximum atomic E-state index is 13.5. The number of hydrogen-bond acceptors (Lipinski definition) is 1. The van der Waals surface area contributed by atoms with Crippen LogP contribution in [0, 0.1) is 12.7 Å². The highest BCUT2D eigenvalue weighted by Gasteiger charge is 2.13. The van der Waals surface area contributed by atoms with Crippen molar-refractivity contribution in [2.24, 2.45) is 5.73 Å². The average molecular weight is 271 g/mol. The van der Waals surface area contributed by atoms with Gasteiger partial charge in [-0.3, -0.25) is 4.79 Å². The summed E-state index contributed by atoms with van der Waals surface area (Å²) in [7, 11) is 0. The van der Waals surface area contributed by atoms with Crippen LogP contribution in [-0.4, -0.2) is 10.9 Å². The highest BCUT2D eigenvalue weighted by Crippen LogP contribution is 2.29. The third kappa shape index (κ3) is 1.52. The fraction of sp³-hybridized carbons (Fsp3) is 0.100. The lowest BCUT2D eigenvalue weighted by Gasteiger charge is -2.00. The van der Waals surface area contributed by atoms with Crippen molar-refractivity contribution in [3.8, 4) is 0 Å². The van der Waals surface area contributed by atoms with Gasteiger partial charge in [-0.25, -0.2) is 4.39 Å². The Morgan fingerprint density at radius 3 is 2.80 bits per heavy atom. The first kappa shape index (κ1) is 10.2. The molecule has 1 aromatic carbocycles. The minimum Gasteiger partial charge on any atom is -0.364 e. The molecule has 0 unspecified atom stereocenters. The van der Waals surface area contributed by atoms with E-state index in [0.717, 1.165) is 10.0 Å². The van der Waals surface area contributed by atoms with Crippen LogP contribution in [0.15, 0.2) is 16.6 Å². The Hall–Kier alpha value is -1.36. The fourth-order valence-electron chi connectivity index (χ4n) is 1.49. The summed E-state index contributed by atoms with van der Waals surface area (Å²) in [5, 5.41) is 0.626. The normalized spacial score (nSPS) is 10.9. The van der Waals surface area contributed by atoms with Crippen LogP contribution < -0.4 is 5.73 Å². The fourth-order valence-corrected chi connectivity index (χ4v) is 1.91. The van der Waals surface area contributed by atoms with Crippen LogP contribution in [-0.2, 0) is 0 Å². The van der Waals surface area contributed by atoms with Gasteiger partial charge in [-0.15, -0.1) is 0 Å². The van der Waals surface area contributed by atoms with E-state index in [2.05, 4.69) is 20.9 Å². The first-order valence-corrected chi connectivity index (χ1v) is 5.07. The van der Waals surface area contributed by atoms with E-state index >= 15 is 0 Å². The van der Waals surface area contributed by atoms with Gasteiger partial charge in [0.15, 0.2) is 0 Å². The lowest BCUT2D eigenvalue weighted by molar-refractivity contribution is 0.0996. The molecule has 2 aromatic rings. The van der Waals surface area contributed by atoms with Gasteiger partial charge in [0.05, 0.1) is 5.52 Å². The van der Waals surface area contributed by atoms with Crippen LogP contribution in [0.25, 0.3) is 10.9 Å². The van der Waals surface area contributed by atoms with Gasteiger partial charge in [0, 0.05) is 9.86 Å². The molecule has 5 heteroatoms. The number of H-pyrrole nitrogens is 1. The van der Waals surface area contributed by atoms with E-state index in [-0.39, 0.29) is 5.69 Å². The van der Waals surface area contributed by atoms with Gasteiger partial charge in [0.1, 0.15) is 11.5 Å². The quantitative estimate of drug-likeness (QED) is 0.822. The molecule has 2 rings (SSSR count). The summed E-state index contributed by atoms with van der Waals surface area (Å²) in [6, 6.07) is 2.94. The molecular formula is C10H8BrFN2O. The lowest BCUT2D eigenvalue weighted by atomic mass is 10.1. The van der Waals surface area contributed by atoms with E-state index in [1.165, 1.54) is 12.1 Å². The van der Waals surface area contributed by atoms with Crippen molar-refractivity contribution in [1.82, 2.24) is 4.98 Å². The molecule has 0 aliphatic heterocycles. The minimum absolute atomic E-state index is 0.204. The zero-order valence-corrected chi connectivity index (χ0v) is 9.48. The highest BCUT2D eigenvalue weighted by molar-refractivity contribution is 9.10. The van der Waals surface area contributed by atoms with Crippen molar-refractivity contribution in [2.45, 2.75) is 6.92 Å². The van der Waals surface area contributed by atoms with Crippen LogP contribution >= 0.6 is 15.9 Å². The summed E-state index contributed by atoms with van der Waals surface area (Å²) < 4.78 is 14.3. The molecule has 3 N–H and O–H groups in total. The molecule has 1 aromatic heterocycles. The molecule has 0 atom stereocenters. The molecule has 0 fully saturated rings. The molecule has 0 saturated heterocycles. The second-order valence-corrected chi connectivity index (χ2v) is 4.12. The molecule has 0 radical (unpaired) electrons. The Bertz CT molecular complexity index is 562. The zero-order chi connectivity index (χ0) is 11.2. The smallest absolute Gasteiger partial charge is 0.265 e. The largest absolute Gasteiger partial charge is 0.364 e. The SMILES string of the molecule is Cc1cc(F)c2[nH]c(C(N)=O)cc2c1Br. The van der Waals surface area contributed by atoms with E-state index in [4.69, 9.17) is 5.73 Å². The number of primary amides is 1. The lowest BCUT2D eigenvalue weighted by Crippen LogP contribution is -2.10. The summed E-state index contributed by atoms with van der Waals surface area (Å²) in [5.41, 5.74) is 6.38. The van der Waals surface area contributed by atoms with E-state index in [9.17, 15) is 9.18 Å². The molecule has 0 bridgehead atoms. The van der Waals surface area contributed by atoms with Crippen molar-refractivity contribution < 1.29 is 9.18 Å². The first-order chi connectivity index (χ1) is 7.00. The highest BCUT2D eigenvalue weighted by atomic mass is 79.9. The number of nitrogens with two attached hydrogens (primary N) is 1. The summed E-state index contributed by atoms with van der Waals surface area (Å²) in [4.78, 5) is 13.6. The Morgan fingerprint density at radius 1 is 1.53 bits per heavy atom. The summed E-state index contributed by atoms with van der Waals surface area (Å²) in [5.74, 6) is -0.992. The number of aryl methyl sites for hydroxylation is 1. The molecule has 1 amide bonds. The Kier molecular flexibility index (Phi) is 2.26. The number of hydrogen-bond donors (Lipinski definition) is 2. The van der Waals surface area contributed by atoms with Gasteiger partial charge >= 0.3 is 0 Å². The van der Waals surface area contributed by atoms with E-state index in [1.54, 1.807) is 6.92 Å². The van der Waals surface area contributed by atoms with Crippen LogP contribution in [0.4, 0.5) is 4.39 Å². The van der Waals surface area contributed by atoms with Crippen LogP contribution in [0.1, 0.15) is 16.1 Å². The van der Waals surface area contributed by atoms with Crippen LogP contribution in [0.5, 0.6) is 0 Å². The molecule has 15 heavy (non-hydrogen) atoms. The summed E-state index contributed by atoms with van der Waals surface area (Å²) in [6.07, 6.45) is 0. The zero-order valence-electron chi connectivity index (χ0n) is 7.90. The van der Waals surface area contributed by atoms with Gasteiger partial charge < -0.3 is 10.7 Å². The first-order valence-electron chi connectivity index (χ1n) is 4.28. The Morgan fingerprint density at radius 2 is 2.20 bits per heavy atom. The standard InChI is InChI=1S/C10H8BrFN2O/c1-4-2-6(12)9-5(8(4)11)3-7(14-9)10(13)15/h2-3,14H,1H3,(H2,13,15). The van der Waals surface area contributed by atoms with Crippen molar-refractivity contribution in [3.05, 3.63) is 33.7 Å². The number of carbonyl (C=O) groups is 1. The van der Waals surface area contributed by atoms with Gasteiger partial charge in [0.2, 0.25) is 0 Å². The van der Waals surface area contributed by atoms with Crippen LogP contribution in [0.3, 0.4) is 0 Å². The number of halogens is 2. The Labute approximate surface area is 93.6 Å². The van der Waals surface area contributed by atoms with E-state index in [1.807, 2.05) is 0 Å². The van der Waals surface area contributed by atoms with Gasteiger partial charge in [-0.1, -0.05) is 0 Å².